The number of phosphoric ester groups is 1. The van der Waals surface area contributed by atoms with Crippen LogP contribution in [0.3, 0.4) is 0 Å². The summed E-state index contributed by atoms with van der Waals surface area (Å²) in [5.41, 5.74) is 5.48. The first-order valence-electron chi connectivity index (χ1n) is 6.64. The second-order valence-corrected chi connectivity index (χ2v) is 7.32. The quantitative estimate of drug-likeness (QED) is 0.221. The van der Waals surface area contributed by atoms with Gasteiger partial charge in [-0.3, -0.25) is 13.6 Å². The van der Waals surface area contributed by atoms with E-state index in [1.807, 2.05) is 0 Å². The Morgan fingerprint density at radius 2 is 2.12 bits per heavy atom. The zero-order valence-corrected chi connectivity index (χ0v) is 17.1. The van der Waals surface area contributed by atoms with E-state index in [0.717, 1.165) is 0 Å². The van der Waals surface area contributed by atoms with E-state index >= 15 is 0 Å². The number of imidazole rings is 1. The van der Waals surface area contributed by atoms with Crippen molar-refractivity contribution in [3.8, 4) is 5.88 Å². The summed E-state index contributed by atoms with van der Waals surface area (Å²) in [5.74, 6) is -0.938. The number of nitrogen functional groups attached to an aromatic ring is 1. The summed E-state index contributed by atoms with van der Waals surface area (Å²) >= 11 is 3.16. The average Bonchev–Trinajstić information content (AvgIpc) is 2.96. The Morgan fingerprint density at radius 3 is 2.84 bits per heavy atom. The number of aliphatic hydroxyl groups excluding tert-OH is 1. The number of ether oxygens (including phenoxy) is 1. The number of aromatic nitrogens is 4. The van der Waals surface area contributed by atoms with Gasteiger partial charge >= 0.3 is 37.4 Å². The first-order valence-corrected chi connectivity index (χ1v) is 8.93. The molecule has 2 aliphatic heterocycles. The van der Waals surface area contributed by atoms with Crippen molar-refractivity contribution in [1.29, 1.82) is 0 Å². The van der Waals surface area contributed by atoms with E-state index < -0.39 is 38.2 Å². The van der Waals surface area contributed by atoms with E-state index in [1.165, 1.54) is 4.57 Å². The molecule has 2 aromatic rings. The second-order valence-electron chi connectivity index (χ2n) is 5.20. The normalized spacial score (nSPS) is 34.7. The summed E-state index contributed by atoms with van der Waals surface area (Å²) in [4.78, 5) is 20.8. The molecule has 0 bridgehead atoms. The fourth-order valence-electron chi connectivity index (χ4n) is 2.71. The fraction of sp³-hybridized carbons (Fsp3) is 0.500. The van der Waals surface area contributed by atoms with Crippen LogP contribution in [0.15, 0.2) is 4.73 Å². The third kappa shape index (κ3) is 3.23. The number of hydrogen-bond acceptors (Lipinski definition) is 10. The summed E-state index contributed by atoms with van der Waals surface area (Å²) < 4.78 is 28.2. The van der Waals surface area contributed by atoms with E-state index in [9.17, 15) is 19.7 Å². The zero-order chi connectivity index (χ0) is 17.2. The predicted octanol–water partition coefficient (Wildman–Crippen LogP) is -3.98. The van der Waals surface area contributed by atoms with Crippen molar-refractivity contribution >= 4 is 40.9 Å². The van der Waals surface area contributed by atoms with E-state index in [2.05, 4.69) is 35.4 Å². The van der Waals surface area contributed by atoms with Crippen LogP contribution in [0.4, 0.5) is 5.95 Å². The summed E-state index contributed by atoms with van der Waals surface area (Å²) in [6.45, 7) is -0.236. The Kier molecular flexibility index (Phi) is 5.19. The number of rotatable bonds is 1. The minimum absolute atomic E-state index is 0. The van der Waals surface area contributed by atoms with Gasteiger partial charge in [-0.2, -0.15) is 4.98 Å². The largest absolute Gasteiger partial charge is 1.00 e. The molecule has 0 amide bonds. The van der Waals surface area contributed by atoms with Gasteiger partial charge in [0.15, 0.2) is 16.6 Å². The number of halogens is 1. The van der Waals surface area contributed by atoms with Gasteiger partial charge in [-0.15, -0.1) is 0 Å². The Hall–Kier alpha value is -0.340. The van der Waals surface area contributed by atoms with Crippen LogP contribution in [0.1, 0.15) is 6.23 Å². The summed E-state index contributed by atoms with van der Waals surface area (Å²) in [7, 11) is -4.25. The van der Waals surface area contributed by atoms with Gasteiger partial charge < -0.3 is 25.6 Å². The van der Waals surface area contributed by atoms with Crippen LogP contribution in [-0.2, 0) is 18.3 Å². The van der Waals surface area contributed by atoms with Gasteiger partial charge in [0, 0.05) is 5.88 Å². The Balaban J connectivity index is 0.00000182. The molecular formula is C10H10BrN5NaO7P. The molecule has 15 heteroatoms. The minimum atomic E-state index is -4.25. The average molecular weight is 446 g/mol. The molecule has 0 saturated carbocycles. The van der Waals surface area contributed by atoms with Crippen LogP contribution < -0.4 is 40.4 Å². The third-order valence-corrected chi connectivity index (χ3v) is 5.25. The number of hydrogen-bond donors (Lipinski definition) is 3. The van der Waals surface area contributed by atoms with Crippen molar-refractivity contribution in [2.45, 2.75) is 24.5 Å². The van der Waals surface area contributed by atoms with Crippen LogP contribution in [0.2, 0.25) is 0 Å². The van der Waals surface area contributed by atoms with Crippen molar-refractivity contribution < 1.29 is 63.0 Å². The molecule has 2 aliphatic rings. The van der Waals surface area contributed by atoms with Crippen molar-refractivity contribution in [1.82, 2.24) is 19.5 Å². The van der Waals surface area contributed by atoms with Gasteiger partial charge in [0.05, 0.1) is 6.61 Å². The van der Waals surface area contributed by atoms with Gasteiger partial charge in [0.2, 0.25) is 5.95 Å². The number of aliphatic hydroxyl groups is 1. The zero-order valence-electron chi connectivity index (χ0n) is 12.6. The van der Waals surface area contributed by atoms with E-state index in [1.54, 1.807) is 0 Å². The molecule has 2 aromatic heterocycles. The summed E-state index contributed by atoms with van der Waals surface area (Å²) in [6, 6.07) is 0. The first-order chi connectivity index (χ1) is 11.3. The summed E-state index contributed by atoms with van der Waals surface area (Å²) in [6.07, 6.45) is -4.29. The van der Waals surface area contributed by atoms with Gasteiger partial charge in [0.25, 0.3) is 0 Å². The van der Waals surface area contributed by atoms with Gasteiger partial charge in [-0.25, -0.2) is 14.5 Å². The molecule has 2 saturated heterocycles. The van der Waals surface area contributed by atoms with Crippen molar-refractivity contribution in [2.75, 3.05) is 12.3 Å². The first kappa shape index (κ1) is 19.4. The molecule has 1 unspecified atom stereocenters. The molecule has 4 heterocycles. The van der Waals surface area contributed by atoms with Gasteiger partial charge in [0.1, 0.15) is 23.8 Å². The van der Waals surface area contributed by atoms with E-state index in [0.29, 0.717) is 0 Å². The smallest absolute Gasteiger partial charge is 0.857 e. The third-order valence-electron chi connectivity index (χ3n) is 3.70. The maximum atomic E-state index is 11.9. The van der Waals surface area contributed by atoms with Crippen molar-refractivity contribution in [3.05, 3.63) is 4.73 Å². The topological polar surface area (TPSA) is 178 Å². The second kappa shape index (κ2) is 6.68. The Bertz CT molecular complexity index is 883. The predicted molar refractivity (Wildman–Crippen MR) is 77.4 cm³/mol. The van der Waals surface area contributed by atoms with E-state index in [-0.39, 0.29) is 58.0 Å². The molecule has 0 radical (unpaired) electrons. The number of phosphoric acid groups is 1. The van der Waals surface area contributed by atoms with Crippen LogP contribution >= 0.6 is 23.8 Å². The number of nitrogens with two attached hydrogens (primary N) is 1. The van der Waals surface area contributed by atoms with Crippen LogP contribution in [0, 0.1) is 0 Å². The maximum absolute atomic E-state index is 11.9. The molecular weight excluding hydrogens is 436 g/mol. The Morgan fingerprint density at radius 1 is 1.40 bits per heavy atom. The molecule has 5 atom stereocenters. The fourth-order valence-corrected chi connectivity index (χ4v) is 4.22. The number of anilines is 1. The Labute approximate surface area is 170 Å². The number of nitrogens with zero attached hydrogens (tertiary/aromatic N) is 4. The molecule has 25 heavy (non-hydrogen) atoms. The van der Waals surface area contributed by atoms with Crippen LogP contribution in [0.5, 0.6) is 5.88 Å². The standard InChI is InChI=1S/C10H11BrN5O7P.Na/c11-9-13-3-6(14-10(12)15-7(3)18)16(9)8-4(17)5-2(22-8)1-21-24(19,20)23-5;/h2,4-5,8,17H,1H2,(H,19,20)(H3,12,14,15,18);/q;+1/p-1/t2-,4-,5-,8-;/m1./s1. The molecule has 0 aromatic carbocycles. The molecule has 2 fully saturated rings. The molecule has 4 rings (SSSR count). The minimum Gasteiger partial charge on any atom is -0.857 e. The summed E-state index contributed by atoms with van der Waals surface area (Å²) in [5, 5.41) is 22.3. The molecule has 130 valence electrons. The van der Waals surface area contributed by atoms with Gasteiger partial charge in [-0.1, -0.05) is 0 Å². The molecule has 4 N–H and O–H groups in total. The van der Waals surface area contributed by atoms with Crippen molar-refractivity contribution in [2.24, 2.45) is 0 Å². The monoisotopic (exact) mass is 445 g/mol. The maximum Gasteiger partial charge on any atom is 1.00 e. The van der Waals surface area contributed by atoms with Crippen LogP contribution in [-0.4, -0.2) is 54.4 Å². The molecule has 0 aliphatic carbocycles. The number of fused-ring (bicyclic) bond motifs is 2. The SMILES string of the molecule is Nc1nc([O-])c2nc(Br)n([C@@H]3O[C@@H]4COP(=O)(O)O[C@H]4[C@H]3O)c2n1.[Na+]. The van der Waals surface area contributed by atoms with Crippen LogP contribution in [0.25, 0.3) is 11.2 Å². The molecule has 12 nitrogen and oxygen atoms in total. The van der Waals surface area contributed by atoms with Crippen molar-refractivity contribution in [3.63, 3.8) is 0 Å². The molecule has 0 spiro atoms. The van der Waals surface area contributed by atoms with Gasteiger partial charge in [-0.05, 0) is 15.9 Å². The van der Waals surface area contributed by atoms with E-state index in [4.69, 9.17) is 15.0 Å².